The molecule has 2 aromatic rings. The Labute approximate surface area is 109 Å². The normalized spacial score (nSPS) is 22.6. The van der Waals surface area contributed by atoms with Gasteiger partial charge in [-0.3, -0.25) is 0 Å². The van der Waals surface area contributed by atoms with Gasteiger partial charge in [0.1, 0.15) is 0 Å². The average molecular weight is 237 g/mol. The smallest absolute Gasteiger partial charge is 0.0668 e. The molecule has 0 spiro atoms. The van der Waals surface area contributed by atoms with Crippen LogP contribution in [0.1, 0.15) is 35.1 Å². The van der Waals surface area contributed by atoms with Crippen LogP contribution in [0.25, 0.3) is 0 Å². The standard InChI is InChI=1S/C17H19N/c1-13-6-4-9-15(12-13)17(18)11-5-8-14-7-2-3-10-16(14)17/h2-4,6-7,9-10,12H,5,8,11,18H2,1H3. The minimum atomic E-state index is -0.305. The van der Waals surface area contributed by atoms with Gasteiger partial charge in [0, 0.05) is 0 Å². The molecule has 0 saturated carbocycles. The highest BCUT2D eigenvalue weighted by atomic mass is 14.8. The number of hydrogen-bond acceptors (Lipinski definition) is 1. The summed E-state index contributed by atoms with van der Waals surface area (Å²) in [7, 11) is 0. The molecule has 0 amide bonds. The minimum Gasteiger partial charge on any atom is -0.318 e. The van der Waals surface area contributed by atoms with E-state index in [2.05, 4.69) is 55.5 Å². The van der Waals surface area contributed by atoms with Gasteiger partial charge in [0.2, 0.25) is 0 Å². The molecule has 18 heavy (non-hydrogen) atoms. The van der Waals surface area contributed by atoms with Gasteiger partial charge in [-0.05, 0) is 42.9 Å². The Balaban J connectivity index is 2.16. The molecule has 1 aliphatic carbocycles. The van der Waals surface area contributed by atoms with Crippen LogP contribution in [0, 0.1) is 6.92 Å². The van der Waals surface area contributed by atoms with Crippen molar-refractivity contribution in [2.24, 2.45) is 5.73 Å². The van der Waals surface area contributed by atoms with Gasteiger partial charge >= 0.3 is 0 Å². The van der Waals surface area contributed by atoms with E-state index >= 15 is 0 Å². The average Bonchev–Trinajstić information content (AvgIpc) is 2.39. The Hall–Kier alpha value is -1.60. The van der Waals surface area contributed by atoms with Crippen molar-refractivity contribution >= 4 is 0 Å². The fourth-order valence-corrected chi connectivity index (χ4v) is 3.09. The van der Waals surface area contributed by atoms with Crippen LogP contribution >= 0.6 is 0 Å². The second-order valence-electron chi connectivity index (χ2n) is 5.35. The molecule has 2 aromatic carbocycles. The van der Waals surface area contributed by atoms with Crippen molar-refractivity contribution in [2.75, 3.05) is 0 Å². The lowest BCUT2D eigenvalue weighted by Crippen LogP contribution is -2.41. The van der Waals surface area contributed by atoms with Crippen LogP contribution in [-0.4, -0.2) is 0 Å². The number of hydrogen-bond donors (Lipinski definition) is 1. The number of nitrogens with two attached hydrogens (primary N) is 1. The highest BCUT2D eigenvalue weighted by Gasteiger charge is 2.33. The zero-order valence-corrected chi connectivity index (χ0v) is 10.8. The molecular formula is C17H19N. The molecule has 1 heteroatoms. The summed E-state index contributed by atoms with van der Waals surface area (Å²) in [4.78, 5) is 0. The summed E-state index contributed by atoms with van der Waals surface area (Å²) in [5.41, 5.74) is 11.7. The van der Waals surface area contributed by atoms with Gasteiger partial charge < -0.3 is 5.73 Å². The summed E-state index contributed by atoms with van der Waals surface area (Å²) >= 11 is 0. The molecule has 0 fully saturated rings. The molecule has 1 nitrogen and oxygen atoms in total. The van der Waals surface area contributed by atoms with Crippen molar-refractivity contribution in [3.63, 3.8) is 0 Å². The minimum absolute atomic E-state index is 0.305. The highest BCUT2D eigenvalue weighted by molar-refractivity contribution is 5.45. The first-order valence-electron chi connectivity index (χ1n) is 6.64. The zero-order chi connectivity index (χ0) is 12.6. The fraction of sp³-hybridized carbons (Fsp3) is 0.294. The Morgan fingerprint density at radius 3 is 2.72 bits per heavy atom. The lowest BCUT2D eigenvalue weighted by molar-refractivity contribution is 0.442. The van der Waals surface area contributed by atoms with Gasteiger partial charge in [-0.15, -0.1) is 0 Å². The molecule has 0 aliphatic heterocycles. The van der Waals surface area contributed by atoms with Crippen LogP contribution in [0.15, 0.2) is 48.5 Å². The van der Waals surface area contributed by atoms with Gasteiger partial charge in [-0.2, -0.15) is 0 Å². The van der Waals surface area contributed by atoms with Crippen LogP contribution in [-0.2, 0) is 12.0 Å². The maximum Gasteiger partial charge on any atom is 0.0668 e. The largest absolute Gasteiger partial charge is 0.318 e. The fourth-order valence-electron chi connectivity index (χ4n) is 3.09. The molecule has 0 heterocycles. The number of fused-ring (bicyclic) bond motifs is 1. The van der Waals surface area contributed by atoms with Crippen molar-refractivity contribution in [2.45, 2.75) is 31.7 Å². The lowest BCUT2D eigenvalue weighted by Gasteiger charge is -2.36. The van der Waals surface area contributed by atoms with E-state index < -0.39 is 0 Å². The Morgan fingerprint density at radius 1 is 1.06 bits per heavy atom. The molecule has 3 rings (SSSR count). The van der Waals surface area contributed by atoms with E-state index in [9.17, 15) is 0 Å². The van der Waals surface area contributed by atoms with E-state index in [-0.39, 0.29) is 5.54 Å². The molecule has 1 aliphatic rings. The van der Waals surface area contributed by atoms with Gasteiger partial charge in [0.25, 0.3) is 0 Å². The SMILES string of the molecule is Cc1cccc(C2(N)CCCc3ccccc32)c1. The molecule has 2 N–H and O–H groups in total. The van der Waals surface area contributed by atoms with E-state index in [1.165, 1.54) is 28.7 Å². The Kier molecular flexibility index (Phi) is 2.71. The summed E-state index contributed by atoms with van der Waals surface area (Å²) < 4.78 is 0. The first-order valence-corrected chi connectivity index (χ1v) is 6.64. The zero-order valence-electron chi connectivity index (χ0n) is 10.8. The monoisotopic (exact) mass is 237 g/mol. The number of rotatable bonds is 1. The van der Waals surface area contributed by atoms with Gasteiger partial charge in [-0.1, -0.05) is 54.1 Å². The van der Waals surface area contributed by atoms with E-state index in [1.54, 1.807) is 0 Å². The lowest BCUT2D eigenvalue weighted by atomic mass is 9.73. The summed E-state index contributed by atoms with van der Waals surface area (Å²) in [5, 5.41) is 0. The van der Waals surface area contributed by atoms with Crippen molar-refractivity contribution < 1.29 is 0 Å². The summed E-state index contributed by atoms with van der Waals surface area (Å²) in [6.07, 6.45) is 3.36. The molecule has 0 radical (unpaired) electrons. The van der Waals surface area contributed by atoms with Crippen molar-refractivity contribution in [1.29, 1.82) is 0 Å². The van der Waals surface area contributed by atoms with Crippen LogP contribution in [0.3, 0.4) is 0 Å². The second-order valence-corrected chi connectivity index (χ2v) is 5.35. The van der Waals surface area contributed by atoms with Crippen molar-refractivity contribution in [3.05, 3.63) is 70.8 Å². The summed E-state index contributed by atoms with van der Waals surface area (Å²) in [6.45, 7) is 2.13. The number of aryl methyl sites for hydroxylation is 2. The highest BCUT2D eigenvalue weighted by Crippen LogP contribution is 2.38. The molecule has 0 saturated heterocycles. The molecule has 92 valence electrons. The quantitative estimate of drug-likeness (QED) is 0.806. The Bertz CT molecular complexity index is 573. The van der Waals surface area contributed by atoms with Gasteiger partial charge in [0.05, 0.1) is 5.54 Å². The first kappa shape index (κ1) is 11.5. The van der Waals surface area contributed by atoms with E-state index in [4.69, 9.17) is 5.73 Å². The summed E-state index contributed by atoms with van der Waals surface area (Å²) in [6, 6.07) is 17.2. The maximum absolute atomic E-state index is 6.76. The molecule has 1 unspecified atom stereocenters. The summed E-state index contributed by atoms with van der Waals surface area (Å²) in [5.74, 6) is 0. The van der Waals surface area contributed by atoms with E-state index in [1.807, 2.05) is 0 Å². The van der Waals surface area contributed by atoms with E-state index in [0.29, 0.717) is 0 Å². The number of benzene rings is 2. The van der Waals surface area contributed by atoms with Crippen LogP contribution in [0.4, 0.5) is 0 Å². The van der Waals surface area contributed by atoms with Crippen LogP contribution in [0.5, 0.6) is 0 Å². The van der Waals surface area contributed by atoms with Crippen molar-refractivity contribution in [1.82, 2.24) is 0 Å². The van der Waals surface area contributed by atoms with E-state index in [0.717, 1.165) is 12.8 Å². The first-order chi connectivity index (χ1) is 8.70. The topological polar surface area (TPSA) is 26.0 Å². The second kappa shape index (κ2) is 4.25. The molecule has 1 atom stereocenters. The van der Waals surface area contributed by atoms with Gasteiger partial charge in [-0.25, -0.2) is 0 Å². The maximum atomic E-state index is 6.76. The predicted molar refractivity (Wildman–Crippen MR) is 75.5 cm³/mol. The predicted octanol–water partition coefficient (Wildman–Crippen LogP) is 3.53. The third-order valence-corrected chi connectivity index (χ3v) is 4.05. The van der Waals surface area contributed by atoms with Gasteiger partial charge in [0.15, 0.2) is 0 Å². The molecule has 0 bridgehead atoms. The molecule has 0 aromatic heterocycles. The third-order valence-electron chi connectivity index (χ3n) is 4.05. The van der Waals surface area contributed by atoms with Crippen LogP contribution in [0.2, 0.25) is 0 Å². The van der Waals surface area contributed by atoms with Crippen molar-refractivity contribution in [3.8, 4) is 0 Å². The molecular weight excluding hydrogens is 218 g/mol. The third kappa shape index (κ3) is 1.75. The van der Waals surface area contributed by atoms with Crippen LogP contribution < -0.4 is 5.73 Å². The Morgan fingerprint density at radius 2 is 1.89 bits per heavy atom.